The predicted molar refractivity (Wildman–Crippen MR) is 105 cm³/mol. The maximum atomic E-state index is 12.3. The molecule has 0 fully saturated rings. The molecule has 0 saturated carbocycles. The van der Waals surface area contributed by atoms with Gasteiger partial charge < -0.3 is 19.8 Å². The van der Waals surface area contributed by atoms with E-state index in [0.717, 1.165) is 11.0 Å². The number of hydrogen-bond donors (Lipinski definition) is 2. The van der Waals surface area contributed by atoms with Gasteiger partial charge in [-0.1, -0.05) is 35.0 Å². The topological polar surface area (TPSA) is 76.2 Å². The molecule has 0 atom stereocenters. The van der Waals surface area contributed by atoms with Crippen LogP contribution in [0, 0.1) is 0 Å². The van der Waals surface area contributed by atoms with Gasteiger partial charge in [0.1, 0.15) is 11.5 Å². The normalized spacial score (nSPS) is 10.8. The number of rotatable bonds is 6. The van der Waals surface area contributed by atoms with E-state index in [1.807, 2.05) is 6.07 Å². The van der Waals surface area contributed by atoms with E-state index in [1.54, 1.807) is 24.3 Å². The Labute approximate surface area is 164 Å². The smallest absolute Gasteiger partial charge is 0.234 e. The number of nitrogens with one attached hydrogen (secondary N) is 2. The average molecular weight is 412 g/mol. The molecule has 0 radical (unpaired) electrons. The summed E-state index contributed by atoms with van der Waals surface area (Å²) < 4.78 is 10.4. The molecule has 1 amide bonds. The Kier molecular flexibility index (Phi) is 5.80. The zero-order valence-corrected chi connectivity index (χ0v) is 16.3. The molecule has 1 heterocycles. The van der Waals surface area contributed by atoms with Crippen molar-refractivity contribution in [2.75, 3.05) is 25.3 Å². The van der Waals surface area contributed by atoms with E-state index in [1.165, 1.54) is 26.0 Å². The summed E-state index contributed by atoms with van der Waals surface area (Å²) in [6.07, 6.45) is 0. The minimum atomic E-state index is -0.215. The molecule has 3 aromatic rings. The number of benzene rings is 2. The summed E-state index contributed by atoms with van der Waals surface area (Å²) in [6, 6.07) is 8.59. The Bertz CT molecular complexity index is 962. The maximum Gasteiger partial charge on any atom is 0.234 e. The molecule has 26 heavy (non-hydrogen) atoms. The van der Waals surface area contributed by atoms with Crippen LogP contribution in [0.2, 0.25) is 10.0 Å². The highest BCUT2D eigenvalue weighted by Crippen LogP contribution is 2.36. The molecule has 0 unspecified atom stereocenters. The van der Waals surface area contributed by atoms with Crippen molar-refractivity contribution in [3.8, 4) is 11.5 Å². The third kappa shape index (κ3) is 4.17. The number of methoxy groups -OCH3 is 2. The fourth-order valence-electron chi connectivity index (χ4n) is 2.30. The molecule has 6 nitrogen and oxygen atoms in total. The molecule has 1 aromatic heterocycles. The van der Waals surface area contributed by atoms with E-state index < -0.39 is 0 Å². The monoisotopic (exact) mass is 411 g/mol. The van der Waals surface area contributed by atoms with Gasteiger partial charge in [0, 0.05) is 11.1 Å². The second-order valence-corrected chi connectivity index (χ2v) is 7.04. The molecule has 0 aliphatic heterocycles. The molecular weight excluding hydrogens is 397 g/mol. The molecule has 136 valence electrons. The summed E-state index contributed by atoms with van der Waals surface area (Å²) in [6.45, 7) is 0. The van der Waals surface area contributed by atoms with Crippen molar-refractivity contribution in [2.24, 2.45) is 0 Å². The van der Waals surface area contributed by atoms with E-state index in [2.05, 4.69) is 15.3 Å². The number of carbonyl (C=O) groups is 1. The second kappa shape index (κ2) is 8.07. The summed E-state index contributed by atoms with van der Waals surface area (Å²) in [7, 11) is 3.02. The minimum Gasteiger partial charge on any atom is -0.495 e. The van der Waals surface area contributed by atoms with Gasteiger partial charge in [0.25, 0.3) is 0 Å². The van der Waals surface area contributed by atoms with Gasteiger partial charge in [-0.25, -0.2) is 4.98 Å². The number of nitrogens with zero attached hydrogens (tertiary/aromatic N) is 1. The van der Waals surface area contributed by atoms with Gasteiger partial charge in [-0.3, -0.25) is 4.79 Å². The Hall–Kier alpha value is -2.09. The number of aromatic amines is 1. The minimum absolute atomic E-state index is 0.167. The summed E-state index contributed by atoms with van der Waals surface area (Å²) in [5.41, 5.74) is 2.09. The van der Waals surface area contributed by atoms with Gasteiger partial charge in [0.15, 0.2) is 5.16 Å². The molecule has 0 aliphatic rings. The van der Waals surface area contributed by atoms with Crippen molar-refractivity contribution >= 4 is 57.6 Å². The third-order valence-electron chi connectivity index (χ3n) is 3.51. The van der Waals surface area contributed by atoms with Crippen LogP contribution >= 0.6 is 35.0 Å². The standard InChI is InChI=1S/C17H15Cl2N3O3S/c1-24-14-7-15(25-2)13(6-10(14)19)20-16(23)8-26-17-21-11-4-3-9(18)5-12(11)22-17/h3-7H,8H2,1-2H3,(H,20,23)(H,21,22). The van der Waals surface area contributed by atoms with E-state index in [4.69, 9.17) is 32.7 Å². The number of fused-ring (bicyclic) bond motifs is 1. The zero-order chi connectivity index (χ0) is 18.7. The lowest BCUT2D eigenvalue weighted by molar-refractivity contribution is -0.113. The van der Waals surface area contributed by atoms with Gasteiger partial charge in [0.2, 0.25) is 5.91 Å². The first-order valence-electron chi connectivity index (χ1n) is 7.49. The van der Waals surface area contributed by atoms with Crippen molar-refractivity contribution in [2.45, 2.75) is 5.16 Å². The number of carbonyl (C=O) groups excluding carboxylic acids is 1. The Morgan fingerprint density at radius 2 is 1.96 bits per heavy atom. The Balaban J connectivity index is 1.67. The van der Waals surface area contributed by atoms with Crippen LogP contribution in [-0.4, -0.2) is 35.8 Å². The first kappa shape index (κ1) is 18.7. The highest BCUT2D eigenvalue weighted by molar-refractivity contribution is 7.99. The largest absolute Gasteiger partial charge is 0.495 e. The molecule has 0 bridgehead atoms. The van der Waals surface area contributed by atoms with Crippen LogP contribution in [0.5, 0.6) is 11.5 Å². The van der Waals surface area contributed by atoms with Crippen molar-refractivity contribution in [1.82, 2.24) is 9.97 Å². The van der Waals surface area contributed by atoms with Crippen LogP contribution < -0.4 is 14.8 Å². The van der Waals surface area contributed by atoms with Gasteiger partial charge in [-0.2, -0.15) is 0 Å². The summed E-state index contributed by atoms with van der Waals surface area (Å²) in [5, 5.41) is 4.42. The molecule has 9 heteroatoms. The lowest BCUT2D eigenvalue weighted by Gasteiger charge is -2.12. The molecule has 0 aliphatic carbocycles. The summed E-state index contributed by atoms with van der Waals surface area (Å²) in [4.78, 5) is 19.8. The highest BCUT2D eigenvalue weighted by atomic mass is 35.5. The van der Waals surface area contributed by atoms with Crippen LogP contribution in [0.3, 0.4) is 0 Å². The van der Waals surface area contributed by atoms with E-state index >= 15 is 0 Å². The average Bonchev–Trinajstić information content (AvgIpc) is 3.02. The molecule has 2 N–H and O–H groups in total. The van der Waals surface area contributed by atoms with Crippen LogP contribution in [0.4, 0.5) is 5.69 Å². The SMILES string of the molecule is COc1cc(OC)c(NC(=O)CSc2nc3ccc(Cl)cc3[nH]2)cc1Cl. The van der Waals surface area contributed by atoms with Crippen LogP contribution in [0.25, 0.3) is 11.0 Å². The van der Waals surface area contributed by atoms with E-state index in [9.17, 15) is 4.79 Å². The molecule has 0 spiro atoms. The van der Waals surface area contributed by atoms with Crippen molar-refractivity contribution in [3.63, 3.8) is 0 Å². The quantitative estimate of drug-likeness (QED) is 0.578. The first-order valence-corrected chi connectivity index (χ1v) is 9.23. The van der Waals surface area contributed by atoms with Crippen molar-refractivity contribution in [1.29, 1.82) is 0 Å². The van der Waals surface area contributed by atoms with Gasteiger partial charge in [-0.05, 0) is 24.3 Å². The highest BCUT2D eigenvalue weighted by Gasteiger charge is 2.13. The van der Waals surface area contributed by atoms with E-state index in [0.29, 0.717) is 32.4 Å². The number of hydrogen-bond acceptors (Lipinski definition) is 5. The number of thioether (sulfide) groups is 1. The summed E-state index contributed by atoms with van der Waals surface area (Å²) in [5.74, 6) is 0.883. The number of amides is 1. The number of aromatic nitrogens is 2. The van der Waals surface area contributed by atoms with Crippen molar-refractivity contribution < 1.29 is 14.3 Å². The van der Waals surface area contributed by atoms with Gasteiger partial charge >= 0.3 is 0 Å². The third-order valence-corrected chi connectivity index (χ3v) is 4.91. The summed E-state index contributed by atoms with van der Waals surface area (Å²) >= 11 is 13.4. The molecule has 2 aromatic carbocycles. The predicted octanol–water partition coefficient (Wildman–Crippen LogP) is 4.62. The fourth-order valence-corrected chi connectivity index (χ4v) is 3.40. The number of halogens is 2. The number of ether oxygens (including phenoxy) is 2. The lowest BCUT2D eigenvalue weighted by atomic mass is 10.2. The maximum absolute atomic E-state index is 12.3. The van der Waals surface area contributed by atoms with Gasteiger partial charge in [0.05, 0.1) is 41.7 Å². The van der Waals surface area contributed by atoms with Crippen LogP contribution in [-0.2, 0) is 4.79 Å². The second-order valence-electron chi connectivity index (χ2n) is 5.23. The van der Waals surface area contributed by atoms with Gasteiger partial charge in [-0.15, -0.1) is 0 Å². The number of H-pyrrole nitrogens is 1. The Morgan fingerprint density at radius 1 is 1.19 bits per heavy atom. The number of imidazole rings is 1. The Morgan fingerprint density at radius 3 is 2.69 bits per heavy atom. The number of anilines is 1. The van der Waals surface area contributed by atoms with Crippen molar-refractivity contribution in [3.05, 3.63) is 40.4 Å². The first-order chi connectivity index (χ1) is 12.5. The molecule has 3 rings (SSSR count). The molecular formula is C17H15Cl2N3O3S. The lowest BCUT2D eigenvalue weighted by Crippen LogP contribution is -2.15. The van der Waals surface area contributed by atoms with E-state index in [-0.39, 0.29) is 11.7 Å². The zero-order valence-electron chi connectivity index (χ0n) is 13.9. The van der Waals surface area contributed by atoms with Crippen LogP contribution in [0.15, 0.2) is 35.5 Å². The fraction of sp³-hybridized carbons (Fsp3) is 0.176. The van der Waals surface area contributed by atoms with Crippen LogP contribution in [0.1, 0.15) is 0 Å². The molecule has 0 saturated heterocycles.